The van der Waals surface area contributed by atoms with Crippen molar-refractivity contribution in [2.75, 3.05) is 13.7 Å². The van der Waals surface area contributed by atoms with Crippen molar-refractivity contribution < 1.29 is 40.2 Å². The predicted octanol–water partition coefficient (Wildman–Crippen LogP) is 5.95. The molecule has 1 rings (SSSR count). The van der Waals surface area contributed by atoms with Gasteiger partial charge in [-0.25, -0.2) is 0 Å². The molecule has 0 aromatic heterocycles. The maximum atomic E-state index is 13.8. The van der Waals surface area contributed by atoms with Gasteiger partial charge in [0.15, 0.2) is 0 Å². The molecule has 0 bridgehead atoms. The fraction of sp³-hybridized carbons (Fsp3) is 0.647. The predicted molar refractivity (Wildman–Crippen MR) is 81.8 cm³/mol. The average Bonchev–Trinajstić information content (AvgIpc) is 2.53. The number of alkyl halides is 7. The third kappa shape index (κ3) is 4.81. The Bertz CT molecular complexity index is 587. The Balaban J connectivity index is 3.13. The van der Waals surface area contributed by atoms with Crippen LogP contribution in [-0.2, 0) is 10.3 Å². The van der Waals surface area contributed by atoms with Crippen molar-refractivity contribution in [2.45, 2.75) is 56.7 Å². The lowest BCUT2D eigenvalue weighted by molar-refractivity contribution is -0.361. The Hall–Kier alpha value is -1.51. The zero-order chi connectivity index (χ0) is 20.2. The molecule has 0 aliphatic heterocycles. The molecule has 0 radical (unpaired) electrons. The summed E-state index contributed by atoms with van der Waals surface area (Å²) in [4.78, 5) is 0. The van der Waals surface area contributed by atoms with Crippen molar-refractivity contribution in [2.24, 2.45) is 0 Å². The first-order chi connectivity index (χ1) is 11.8. The molecule has 1 aromatic rings. The van der Waals surface area contributed by atoms with E-state index < -0.39 is 30.0 Å². The molecule has 0 heterocycles. The summed E-state index contributed by atoms with van der Waals surface area (Å²) < 4.78 is 101. The molecule has 0 amide bonds. The minimum atomic E-state index is -6.38. The number of methoxy groups -OCH3 is 1. The van der Waals surface area contributed by atoms with Gasteiger partial charge in [-0.05, 0) is 31.0 Å². The van der Waals surface area contributed by atoms with Gasteiger partial charge in [0.1, 0.15) is 5.75 Å². The molecular weight excluding hydrogens is 369 g/mol. The topological polar surface area (TPSA) is 18.5 Å². The van der Waals surface area contributed by atoms with Gasteiger partial charge < -0.3 is 9.47 Å². The van der Waals surface area contributed by atoms with Crippen molar-refractivity contribution >= 4 is 0 Å². The summed E-state index contributed by atoms with van der Waals surface area (Å²) in [5.74, 6) is -11.3. The highest BCUT2D eigenvalue weighted by molar-refractivity contribution is 5.32. The minimum Gasteiger partial charge on any atom is -0.494 e. The van der Waals surface area contributed by atoms with Crippen LogP contribution in [0, 0.1) is 0 Å². The molecular formula is C17H21F7O2. The fourth-order valence-electron chi connectivity index (χ4n) is 2.28. The van der Waals surface area contributed by atoms with Gasteiger partial charge in [-0.3, -0.25) is 0 Å². The van der Waals surface area contributed by atoms with Crippen LogP contribution >= 0.6 is 0 Å². The minimum absolute atomic E-state index is 0.00616. The number of hydrogen-bond acceptors (Lipinski definition) is 2. The smallest absolute Gasteiger partial charge is 0.459 e. The lowest BCUT2D eigenvalue weighted by Gasteiger charge is -2.36. The van der Waals surface area contributed by atoms with Gasteiger partial charge in [-0.2, -0.15) is 30.7 Å². The van der Waals surface area contributed by atoms with E-state index in [-0.39, 0.29) is 11.3 Å². The number of ether oxygens (including phenoxy) is 2. The highest BCUT2D eigenvalue weighted by Gasteiger charge is 2.73. The molecule has 1 atom stereocenters. The molecule has 0 aliphatic rings. The van der Waals surface area contributed by atoms with E-state index >= 15 is 0 Å². The molecule has 1 unspecified atom stereocenters. The molecule has 0 spiro atoms. The third-order valence-electron chi connectivity index (χ3n) is 4.04. The molecule has 1 aromatic carbocycles. The van der Waals surface area contributed by atoms with Crippen LogP contribution in [-0.4, -0.2) is 31.7 Å². The van der Waals surface area contributed by atoms with E-state index in [1.807, 2.05) is 6.92 Å². The molecule has 0 saturated carbocycles. The van der Waals surface area contributed by atoms with Crippen LogP contribution in [0.25, 0.3) is 0 Å². The zero-order valence-corrected chi connectivity index (χ0v) is 14.6. The van der Waals surface area contributed by atoms with Crippen molar-refractivity contribution in [3.8, 4) is 5.75 Å². The summed E-state index contributed by atoms with van der Waals surface area (Å²) in [5, 5.41) is 0. The molecule has 26 heavy (non-hydrogen) atoms. The van der Waals surface area contributed by atoms with Gasteiger partial charge in [0.2, 0.25) is 0 Å². The van der Waals surface area contributed by atoms with Gasteiger partial charge >= 0.3 is 18.0 Å². The van der Waals surface area contributed by atoms with Crippen molar-refractivity contribution in [3.63, 3.8) is 0 Å². The van der Waals surface area contributed by atoms with Crippen LogP contribution in [0.15, 0.2) is 24.3 Å². The highest BCUT2D eigenvalue weighted by atomic mass is 19.4. The van der Waals surface area contributed by atoms with Gasteiger partial charge in [0.25, 0.3) is 0 Å². The summed E-state index contributed by atoms with van der Waals surface area (Å²) in [6, 6.07) is 5.55. The van der Waals surface area contributed by atoms with E-state index in [2.05, 4.69) is 0 Å². The van der Waals surface area contributed by atoms with Crippen molar-refractivity contribution in [1.29, 1.82) is 0 Å². The Morgan fingerprint density at radius 2 is 1.62 bits per heavy atom. The molecule has 2 nitrogen and oxygen atoms in total. The van der Waals surface area contributed by atoms with Crippen LogP contribution in [0.2, 0.25) is 0 Å². The van der Waals surface area contributed by atoms with Crippen LogP contribution in [0.3, 0.4) is 0 Å². The van der Waals surface area contributed by atoms with E-state index in [0.29, 0.717) is 6.61 Å². The van der Waals surface area contributed by atoms with Gasteiger partial charge in [0.05, 0.1) is 18.6 Å². The zero-order valence-electron chi connectivity index (χ0n) is 14.6. The Labute approximate surface area is 147 Å². The largest absolute Gasteiger partial charge is 0.494 e. The number of halogens is 7. The first-order valence-electron chi connectivity index (χ1n) is 7.91. The van der Waals surface area contributed by atoms with E-state index in [1.165, 1.54) is 24.3 Å². The molecule has 0 fully saturated rings. The fourth-order valence-corrected chi connectivity index (χ4v) is 2.28. The number of benzene rings is 1. The second-order valence-electron chi connectivity index (χ2n) is 6.12. The lowest BCUT2D eigenvalue weighted by atomic mass is 9.87. The van der Waals surface area contributed by atoms with Crippen molar-refractivity contribution in [3.05, 3.63) is 29.8 Å². The first-order valence-corrected chi connectivity index (χ1v) is 7.91. The normalized spacial score (nSPS) is 15.6. The summed E-state index contributed by atoms with van der Waals surface area (Å²) in [6.07, 6.45) is -6.65. The van der Waals surface area contributed by atoms with Crippen LogP contribution in [0.4, 0.5) is 30.7 Å². The second kappa shape index (κ2) is 8.02. The van der Waals surface area contributed by atoms with Crippen LogP contribution in [0.5, 0.6) is 5.75 Å². The second-order valence-corrected chi connectivity index (χ2v) is 6.12. The average molecular weight is 390 g/mol. The van der Waals surface area contributed by atoms with Crippen LogP contribution in [0.1, 0.15) is 38.7 Å². The SMILES string of the molecule is CCCCOc1cccc(C(C)(CC(F)(F)C(F)(F)C(F)(F)F)OC)c1. The highest BCUT2D eigenvalue weighted by Crippen LogP contribution is 2.51. The Morgan fingerprint density at radius 3 is 2.12 bits per heavy atom. The van der Waals surface area contributed by atoms with Crippen LogP contribution < -0.4 is 4.74 Å². The van der Waals surface area contributed by atoms with Crippen molar-refractivity contribution in [1.82, 2.24) is 0 Å². The summed E-state index contributed by atoms with van der Waals surface area (Å²) in [7, 11) is 0.965. The molecule has 150 valence electrons. The lowest BCUT2D eigenvalue weighted by Crippen LogP contribution is -2.54. The maximum Gasteiger partial charge on any atom is 0.459 e. The van der Waals surface area contributed by atoms with E-state index in [1.54, 1.807) is 0 Å². The van der Waals surface area contributed by atoms with E-state index in [9.17, 15) is 30.7 Å². The van der Waals surface area contributed by atoms with Gasteiger partial charge in [-0.1, -0.05) is 25.5 Å². The third-order valence-corrected chi connectivity index (χ3v) is 4.04. The monoisotopic (exact) mass is 390 g/mol. The van der Waals surface area contributed by atoms with E-state index in [0.717, 1.165) is 26.9 Å². The summed E-state index contributed by atoms with van der Waals surface area (Å²) in [6.45, 7) is 3.31. The molecule has 0 N–H and O–H groups in total. The number of unbranched alkanes of at least 4 members (excludes halogenated alkanes) is 1. The van der Waals surface area contributed by atoms with E-state index in [4.69, 9.17) is 9.47 Å². The maximum absolute atomic E-state index is 13.8. The summed E-state index contributed by atoms with van der Waals surface area (Å²) >= 11 is 0. The van der Waals surface area contributed by atoms with Gasteiger partial charge in [-0.15, -0.1) is 0 Å². The van der Waals surface area contributed by atoms with Gasteiger partial charge in [0, 0.05) is 7.11 Å². The first kappa shape index (κ1) is 22.5. The molecule has 0 saturated heterocycles. The Kier molecular flexibility index (Phi) is 6.95. The quantitative estimate of drug-likeness (QED) is 0.383. The Morgan fingerprint density at radius 1 is 1.00 bits per heavy atom. The molecule has 9 heteroatoms. The number of hydrogen-bond donors (Lipinski definition) is 0. The number of rotatable bonds is 9. The standard InChI is InChI=1S/C17H21F7O2/c1-4-5-9-26-13-8-6-7-12(10-13)14(2,25-3)11-15(18,19)16(20,21)17(22,23)24/h6-8,10H,4-5,9,11H2,1-3H3. The molecule has 0 aliphatic carbocycles. The summed E-state index contributed by atoms with van der Waals surface area (Å²) in [5.41, 5.74) is -2.07.